The standard InChI is InChI=1S/C38H36N4O7S2/c1-5-49-28-16-14-25(15-17-28)31-22-51-38(41-31)42-34(43)23-50-29-13-9-12-27(21-29)39-37(45)30(40-36(44)26-10-7-6-8-11-26)18-24-19-32(46-2)35(48-4)33(20-24)47-3/h6-22H,5,23H2,1-4H3,(H,39,45)(H,40,44)(H,41,42,43)/b30-18+. The number of hydrogen-bond donors (Lipinski definition) is 3. The van der Waals surface area contributed by atoms with Crippen molar-refractivity contribution in [1.82, 2.24) is 10.3 Å². The van der Waals surface area contributed by atoms with Gasteiger partial charge in [0.15, 0.2) is 16.6 Å². The van der Waals surface area contributed by atoms with Gasteiger partial charge in [-0.2, -0.15) is 0 Å². The first kappa shape index (κ1) is 36.5. The molecule has 4 aromatic carbocycles. The Morgan fingerprint density at radius 1 is 0.843 bits per heavy atom. The number of nitrogens with one attached hydrogen (secondary N) is 3. The molecule has 11 nitrogen and oxygen atoms in total. The third kappa shape index (κ3) is 9.90. The van der Waals surface area contributed by atoms with Gasteiger partial charge in [-0.1, -0.05) is 24.3 Å². The van der Waals surface area contributed by atoms with E-state index in [1.807, 2.05) is 42.6 Å². The van der Waals surface area contributed by atoms with Gasteiger partial charge in [0.1, 0.15) is 11.4 Å². The van der Waals surface area contributed by atoms with Crippen LogP contribution >= 0.6 is 23.1 Å². The Labute approximate surface area is 304 Å². The lowest BCUT2D eigenvalue weighted by atomic mass is 10.1. The first-order valence-corrected chi connectivity index (χ1v) is 17.6. The highest BCUT2D eigenvalue weighted by atomic mass is 32.2. The molecule has 5 aromatic rings. The van der Waals surface area contributed by atoms with E-state index in [0.29, 0.717) is 45.8 Å². The van der Waals surface area contributed by atoms with Crippen LogP contribution in [0.1, 0.15) is 22.8 Å². The Balaban J connectivity index is 1.27. The molecule has 0 radical (unpaired) electrons. The molecule has 0 saturated heterocycles. The lowest BCUT2D eigenvalue weighted by Gasteiger charge is -2.15. The van der Waals surface area contributed by atoms with Gasteiger partial charge in [-0.3, -0.25) is 14.4 Å². The number of carbonyl (C=O) groups excluding carboxylic acids is 3. The molecule has 0 fully saturated rings. The molecule has 3 amide bonds. The predicted molar refractivity (Wildman–Crippen MR) is 201 cm³/mol. The van der Waals surface area contributed by atoms with Gasteiger partial charge in [0.25, 0.3) is 11.8 Å². The number of benzene rings is 4. The molecule has 0 aliphatic carbocycles. The summed E-state index contributed by atoms with van der Waals surface area (Å²) < 4.78 is 21.8. The van der Waals surface area contributed by atoms with Crippen molar-refractivity contribution in [2.24, 2.45) is 0 Å². The number of hydrogen-bond acceptors (Lipinski definition) is 10. The largest absolute Gasteiger partial charge is 0.494 e. The number of carbonyl (C=O) groups is 3. The van der Waals surface area contributed by atoms with Crippen LogP contribution in [0, 0.1) is 0 Å². The Bertz CT molecular complexity index is 1990. The highest BCUT2D eigenvalue weighted by Crippen LogP contribution is 2.38. The van der Waals surface area contributed by atoms with Crippen LogP contribution in [0.15, 0.2) is 107 Å². The van der Waals surface area contributed by atoms with E-state index in [9.17, 15) is 14.4 Å². The Morgan fingerprint density at radius 3 is 2.24 bits per heavy atom. The van der Waals surface area contributed by atoms with Crippen molar-refractivity contribution < 1.29 is 33.3 Å². The molecule has 1 aromatic heterocycles. The molecule has 0 saturated carbocycles. The zero-order chi connectivity index (χ0) is 36.2. The van der Waals surface area contributed by atoms with E-state index >= 15 is 0 Å². The zero-order valence-corrected chi connectivity index (χ0v) is 30.0. The van der Waals surface area contributed by atoms with Crippen LogP contribution in [0.4, 0.5) is 10.8 Å². The van der Waals surface area contributed by atoms with Crippen molar-refractivity contribution >= 4 is 57.7 Å². The van der Waals surface area contributed by atoms with E-state index in [4.69, 9.17) is 18.9 Å². The molecule has 0 aliphatic heterocycles. The van der Waals surface area contributed by atoms with Gasteiger partial charge in [-0.05, 0) is 85.3 Å². The summed E-state index contributed by atoms with van der Waals surface area (Å²) in [5.41, 5.74) is 3.02. The van der Waals surface area contributed by atoms with Gasteiger partial charge < -0.3 is 34.9 Å². The summed E-state index contributed by atoms with van der Waals surface area (Å²) in [4.78, 5) is 44.9. The van der Waals surface area contributed by atoms with E-state index in [2.05, 4.69) is 20.9 Å². The van der Waals surface area contributed by atoms with Gasteiger partial charge in [0.2, 0.25) is 11.7 Å². The van der Waals surface area contributed by atoms with E-state index in [1.165, 1.54) is 50.5 Å². The van der Waals surface area contributed by atoms with Gasteiger partial charge in [-0.25, -0.2) is 4.98 Å². The molecule has 0 bridgehead atoms. The van der Waals surface area contributed by atoms with Crippen molar-refractivity contribution in [3.05, 3.63) is 113 Å². The van der Waals surface area contributed by atoms with E-state index in [1.54, 1.807) is 60.7 Å². The minimum Gasteiger partial charge on any atom is -0.494 e. The fraction of sp³-hybridized carbons (Fsp3) is 0.158. The smallest absolute Gasteiger partial charge is 0.272 e. The Hall–Kier alpha value is -5.79. The zero-order valence-electron chi connectivity index (χ0n) is 28.4. The monoisotopic (exact) mass is 724 g/mol. The summed E-state index contributed by atoms with van der Waals surface area (Å²) in [5, 5.41) is 10.8. The second-order valence-electron chi connectivity index (χ2n) is 10.7. The molecule has 1 heterocycles. The maximum absolute atomic E-state index is 13.7. The summed E-state index contributed by atoms with van der Waals surface area (Å²) >= 11 is 2.65. The average Bonchev–Trinajstić information content (AvgIpc) is 3.62. The predicted octanol–water partition coefficient (Wildman–Crippen LogP) is 7.38. The molecule has 51 heavy (non-hydrogen) atoms. The van der Waals surface area contributed by atoms with Gasteiger partial charge >= 0.3 is 0 Å². The normalized spacial score (nSPS) is 10.9. The number of aromatic nitrogens is 1. The van der Waals surface area contributed by atoms with Crippen molar-refractivity contribution in [1.29, 1.82) is 0 Å². The van der Waals surface area contributed by atoms with E-state index in [0.717, 1.165) is 21.9 Å². The Morgan fingerprint density at radius 2 is 1.57 bits per heavy atom. The molecule has 0 spiro atoms. The number of thioether (sulfide) groups is 1. The van der Waals surface area contributed by atoms with Gasteiger partial charge in [-0.15, -0.1) is 23.1 Å². The van der Waals surface area contributed by atoms with Gasteiger partial charge in [0, 0.05) is 27.1 Å². The lowest BCUT2D eigenvalue weighted by molar-refractivity contribution is -0.114. The minimum absolute atomic E-state index is 0.0244. The number of anilines is 2. The average molecular weight is 725 g/mol. The summed E-state index contributed by atoms with van der Waals surface area (Å²) in [7, 11) is 4.48. The van der Waals surface area contributed by atoms with Crippen LogP contribution in [-0.2, 0) is 9.59 Å². The third-order valence-corrected chi connectivity index (χ3v) is 8.95. The summed E-state index contributed by atoms with van der Waals surface area (Å²) in [6.07, 6.45) is 1.52. The number of rotatable bonds is 15. The maximum Gasteiger partial charge on any atom is 0.272 e. The fourth-order valence-electron chi connectivity index (χ4n) is 4.81. The summed E-state index contributed by atoms with van der Waals surface area (Å²) in [6.45, 7) is 2.52. The number of ether oxygens (including phenoxy) is 4. The maximum atomic E-state index is 13.7. The highest BCUT2D eigenvalue weighted by Gasteiger charge is 2.18. The van der Waals surface area contributed by atoms with Crippen LogP contribution in [-0.4, -0.2) is 56.4 Å². The second kappa shape index (κ2) is 17.7. The lowest BCUT2D eigenvalue weighted by Crippen LogP contribution is -2.30. The van der Waals surface area contributed by atoms with Crippen molar-refractivity contribution in [2.45, 2.75) is 11.8 Å². The topological polar surface area (TPSA) is 137 Å². The van der Waals surface area contributed by atoms with Crippen LogP contribution in [0.3, 0.4) is 0 Å². The van der Waals surface area contributed by atoms with E-state index < -0.39 is 11.8 Å². The van der Waals surface area contributed by atoms with E-state index in [-0.39, 0.29) is 17.4 Å². The van der Waals surface area contributed by atoms with Crippen LogP contribution in [0.25, 0.3) is 17.3 Å². The molecule has 0 aliphatic rings. The third-order valence-electron chi connectivity index (χ3n) is 7.20. The molecular formula is C38H36N4O7S2. The van der Waals surface area contributed by atoms with Gasteiger partial charge in [0.05, 0.1) is 39.4 Å². The summed E-state index contributed by atoms with van der Waals surface area (Å²) in [6, 6.07) is 26.6. The molecule has 3 N–H and O–H groups in total. The van der Waals surface area contributed by atoms with Crippen molar-refractivity contribution in [3.8, 4) is 34.3 Å². The summed E-state index contributed by atoms with van der Waals surface area (Å²) in [5.74, 6) is 0.804. The number of amides is 3. The van der Waals surface area contributed by atoms with Crippen molar-refractivity contribution in [3.63, 3.8) is 0 Å². The number of thiazole rings is 1. The molecule has 0 unspecified atom stereocenters. The van der Waals surface area contributed by atoms with Crippen LogP contribution in [0.5, 0.6) is 23.0 Å². The number of methoxy groups -OCH3 is 3. The minimum atomic E-state index is -0.569. The van der Waals surface area contributed by atoms with Crippen LogP contribution in [0.2, 0.25) is 0 Å². The fourth-order valence-corrected chi connectivity index (χ4v) is 6.30. The Kier molecular flexibility index (Phi) is 12.7. The second-order valence-corrected chi connectivity index (χ2v) is 12.6. The first-order chi connectivity index (χ1) is 24.8. The molecule has 0 atom stereocenters. The first-order valence-electron chi connectivity index (χ1n) is 15.7. The molecule has 13 heteroatoms. The van der Waals surface area contributed by atoms with Crippen LogP contribution < -0.4 is 34.9 Å². The SMILES string of the molecule is CCOc1ccc(-c2csc(NC(=O)CSc3cccc(NC(=O)/C(=C\c4cc(OC)c(OC)c(OC)c4)NC(=O)c4ccccc4)c3)n2)cc1. The highest BCUT2D eigenvalue weighted by molar-refractivity contribution is 8.00. The number of nitrogens with zero attached hydrogens (tertiary/aromatic N) is 1. The molecular weight excluding hydrogens is 689 g/mol. The quantitative estimate of drug-likeness (QED) is 0.0747. The van der Waals surface area contributed by atoms with Crippen molar-refractivity contribution in [2.75, 3.05) is 44.3 Å². The molecule has 262 valence electrons. The molecule has 5 rings (SSSR count).